The molecule has 0 aromatic heterocycles. The number of rotatable bonds is 5. The predicted octanol–water partition coefficient (Wildman–Crippen LogP) is 3.71. The van der Waals surface area contributed by atoms with E-state index in [-0.39, 0.29) is 12.1 Å². The second kappa shape index (κ2) is 6.72. The second-order valence-electron chi connectivity index (χ2n) is 4.73. The zero-order valence-corrected chi connectivity index (χ0v) is 10.6. The number of hydrogen-bond acceptors (Lipinski definition) is 2. The van der Waals surface area contributed by atoms with Gasteiger partial charge in [-0.2, -0.15) is 0 Å². The Morgan fingerprint density at radius 3 is 2.75 bits per heavy atom. The summed E-state index contributed by atoms with van der Waals surface area (Å²) >= 11 is 0. The highest BCUT2D eigenvalue weighted by molar-refractivity contribution is 5.81. The van der Waals surface area contributed by atoms with E-state index < -0.39 is 0 Å². The third kappa shape index (κ3) is 3.36. The lowest BCUT2D eigenvalue weighted by Crippen LogP contribution is -2.35. The minimum atomic E-state index is -0.261. The summed E-state index contributed by atoms with van der Waals surface area (Å²) in [7, 11) is 0. The van der Waals surface area contributed by atoms with Gasteiger partial charge in [0.2, 0.25) is 0 Å². The molecule has 0 aromatic carbocycles. The van der Waals surface area contributed by atoms with Crippen LogP contribution in [0, 0.1) is 11.8 Å². The number of ether oxygens (including phenoxy) is 1. The average molecular weight is 224 g/mol. The molecular formula is C14H24O2. The molecule has 1 rings (SSSR count). The molecule has 1 aliphatic carbocycles. The van der Waals surface area contributed by atoms with Crippen molar-refractivity contribution in [3.63, 3.8) is 0 Å². The first-order chi connectivity index (χ1) is 7.72. The number of esters is 1. The van der Waals surface area contributed by atoms with Gasteiger partial charge in [0.15, 0.2) is 0 Å². The summed E-state index contributed by atoms with van der Waals surface area (Å²) in [4.78, 5) is 11.3. The predicted molar refractivity (Wildman–Crippen MR) is 66.1 cm³/mol. The van der Waals surface area contributed by atoms with Crippen LogP contribution in [0.15, 0.2) is 12.7 Å². The summed E-state index contributed by atoms with van der Waals surface area (Å²) in [5, 5.41) is 0. The molecule has 0 amide bonds. The van der Waals surface area contributed by atoms with Crippen LogP contribution in [0.5, 0.6) is 0 Å². The average Bonchev–Trinajstić information content (AvgIpc) is 2.31. The van der Waals surface area contributed by atoms with Gasteiger partial charge in [-0.3, -0.25) is 0 Å². The Morgan fingerprint density at radius 1 is 1.44 bits per heavy atom. The molecule has 0 spiro atoms. The van der Waals surface area contributed by atoms with Crippen LogP contribution in [0.3, 0.4) is 0 Å². The van der Waals surface area contributed by atoms with Crippen molar-refractivity contribution < 1.29 is 9.53 Å². The molecule has 1 fully saturated rings. The number of hydrogen-bond donors (Lipinski definition) is 0. The molecule has 92 valence electrons. The van der Waals surface area contributed by atoms with E-state index in [2.05, 4.69) is 20.4 Å². The van der Waals surface area contributed by atoms with Crippen molar-refractivity contribution in [3.8, 4) is 0 Å². The van der Waals surface area contributed by atoms with Crippen molar-refractivity contribution in [1.29, 1.82) is 0 Å². The molecule has 0 heterocycles. The highest BCUT2D eigenvalue weighted by Crippen LogP contribution is 2.37. The summed E-state index contributed by atoms with van der Waals surface area (Å²) in [6.07, 6.45) is 8.46. The highest BCUT2D eigenvalue weighted by atomic mass is 16.5. The Labute approximate surface area is 99.1 Å². The first-order valence-corrected chi connectivity index (χ1v) is 6.55. The van der Waals surface area contributed by atoms with Gasteiger partial charge in [-0.05, 0) is 37.5 Å². The normalized spacial score (nSPS) is 29.8. The quantitative estimate of drug-likeness (QED) is 0.525. The fourth-order valence-electron chi connectivity index (χ4n) is 2.92. The minimum absolute atomic E-state index is 0.129. The largest absolute Gasteiger partial charge is 0.459 e. The summed E-state index contributed by atoms with van der Waals surface area (Å²) < 4.78 is 5.48. The SMILES string of the molecule is C=CC(=O)OC1CCCC(CC)C1CCC. The van der Waals surface area contributed by atoms with E-state index in [9.17, 15) is 4.79 Å². The van der Waals surface area contributed by atoms with Crippen molar-refractivity contribution in [2.45, 2.75) is 58.5 Å². The Kier molecular flexibility index (Phi) is 5.58. The number of carbonyl (C=O) groups is 1. The van der Waals surface area contributed by atoms with Crippen molar-refractivity contribution >= 4 is 5.97 Å². The lowest BCUT2D eigenvalue weighted by Gasteiger charge is -2.37. The summed E-state index contributed by atoms with van der Waals surface area (Å²) in [6, 6.07) is 0. The van der Waals surface area contributed by atoms with Gasteiger partial charge < -0.3 is 4.74 Å². The molecule has 0 bridgehead atoms. The first-order valence-electron chi connectivity index (χ1n) is 6.55. The molecule has 0 N–H and O–H groups in total. The van der Waals surface area contributed by atoms with E-state index in [1.807, 2.05) is 0 Å². The molecule has 0 aliphatic heterocycles. The van der Waals surface area contributed by atoms with Gasteiger partial charge in [-0.1, -0.05) is 33.3 Å². The standard InChI is InChI=1S/C14H24O2/c1-4-8-12-11(5-2)9-7-10-13(12)16-14(15)6-3/h6,11-13H,3-5,7-10H2,1-2H3. The van der Waals surface area contributed by atoms with E-state index in [4.69, 9.17) is 4.74 Å². The molecule has 1 aliphatic rings. The molecule has 16 heavy (non-hydrogen) atoms. The molecule has 0 saturated heterocycles. The van der Waals surface area contributed by atoms with Crippen LogP contribution in [0.1, 0.15) is 52.4 Å². The van der Waals surface area contributed by atoms with E-state index in [0.717, 1.165) is 12.3 Å². The fraction of sp³-hybridized carbons (Fsp3) is 0.786. The molecule has 1 saturated carbocycles. The summed E-state index contributed by atoms with van der Waals surface area (Å²) in [6.45, 7) is 7.90. The monoisotopic (exact) mass is 224 g/mol. The Hall–Kier alpha value is -0.790. The molecule has 2 heteroatoms. The maximum absolute atomic E-state index is 11.3. The molecule has 2 nitrogen and oxygen atoms in total. The van der Waals surface area contributed by atoms with Crippen molar-refractivity contribution in [3.05, 3.63) is 12.7 Å². The van der Waals surface area contributed by atoms with Crippen LogP contribution >= 0.6 is 0 Å². The van der Waals surface area contributed by atoms with Crippen LogP contribution in [0.25, 0.3) is 0 Å². The zero-order valence-electron chi connectivity index (χ0n) is 10.6. The second-order valence-corrected chi connectivity index (χ2v) is 4.73. The van der Waals surface area contributed by atoms with Crippen molar-refractivity contribution in [2.75, 3.05) is 0 Å². The summed E-state index contributed by atoms with van der Waals surface area (Å²) in [5.74, 6) is 1.03. The van der Waals surface area contributed by atoms with Gasteiger partial charge >= 0.3 is 5.97 Å². The van der Waals surface area contributed by atoms with Gasteiger partial charge in [0.05, 0.1) is 0 Å². The van der Waals surface area contributed by atoms with Gasteiger partial charge in [0, 0.05) is 6.08 Å². The molecule has 0 radical (unpaired) electrons. The summed E-state index contributed by atoms with van der Waals surface area (Å²) in [5.41, 5.74) is 0. The molecular weight excluding hydrogens is 200 g/mol. The Bertz CT molecular complexity index is 235. The van der Waals surface area contributed by atoms with Gasteiger partial charge in [0.1, 0.15) is 6.10 Å². The molecule has 3 unspecified atom stereocenters. The Morgan fingerprint density at radius 2 is 2.19 bits per heavy atom. The lowest BCUT2D eigenvalue weighted by molar-refractivity contribution is -0.149. The van der Waals surface area contributed by atoms with Gasteiger partial charge in [0.25, 0.3) is 0 Å². The van der Waals surface area contributed by atoms with Gasteiger partial charge in [-0.15, -0.1) is 0 Å². The Balaban J connectivity index is 2.63. The first kappa shape index (κ1) is 13.3. The van der Waals surface area contributed by atoms with Gasteiger partial charge in [-0.25, -0.2) is 4.79 Å². The molecule has 3 atom stereocenters. The van der Waals surface area contributed by atoms with Crippen LogP contribution in [-0.4, -0.2) is 12.1 Å². The van der Waals surface area contributed by atoms with E-state index >= 15 is 0 Å². The highest BCUT2D eigenvalue weighted by Gasteiger charge is 2.33. The van der Waals surface area contributed by atoms with Crippen molar-refractivity contribution in [2.24, 2.45) is 11.8 Å². The van der Waals surface area contributed by atoms with Crippen molar-refractivity contribution in [1.82, 2.24) is 0 Å². The topological polar surface area (TPSA) is 26.3 Å². The third-order valence-electron chi connectivity index (χ3n) is 3.73. The maximum atomic E-state index is 11.3. The van der Waals surface area contributed by atoms with Crippen LogP contribution in [-0.2, 0) is 9.53 Å². The van der Waals surface area contributed by atoms with Crippen LogP contribution < -0.4 is 0 Å². The third-order valence-corrected chi connectivity index (χ3v) is 3.73. The fourth-order valence-corrected chi connectivity index (χ4v) is 2.92. The molecule has 0 aromatic rings. The zero-order chi connectivity index (χ0) is 12.0. The minimum Gasteiger partial charge on any atom is -0.459 e. The van der Waals surface area contributed by atoms with Crippen LogP contribution in [0.2, 0.25) is 0 Å². The maximum Gasteiger partial charge on any atom is 0.330 e. The van der Waals surface area contributed by atoms with E-state index in [0.29, 0.717) is 5.92 Å². The number of carbonyl (C=O) groups excluding carboxylic acids is 1. The lowest BCUT2D eigenvalue weighted by atomic mass is 9.74. The van der Waals surface area contributed by atoms with Crippen LogP contribution in [0.4, 0.5) is 0 Å². The van der Waals surface area contributed by atoms with E-state index in [1.165, 1.54) is 38.2 Å². The smallest absolute Gasteiger partial charge is 0.330 e. The van der Waals surface area contributed by atoms with E-state index in [1.54, 1.807) is 0 Å².